The Bertz CT molecular complexity index is 449. The maximum atomic E-state index is 11.2. The number of hydrogen-bond acceptors (Lipinski definition) is 2. The van der Waals surface area contributed by atoms with Crippen LogP contribution in [-0.2, 0) is 9.53 Å². The molecule has 1 heterocycles. The van der Waals surface area contributed by atoms with E-state index in [-0.39, 0.29) is 11.9 Å². The van der Waals surface area contributed by atoms with Gasteiger partial charge in [0.2, 0.25) is 0 Å². The van der Waals surface area contributed by atoms with Gasteiger partial charge in [-0.25, -0.2) is 4.42 Å². The minimum absolute atomic E-state index is 0.239. The third-order valence-corrected chi connectivity index (χ3v) is 2.75. The molecule has 1 saturated heterocycles. The van der Waals surface area contributed by atoms with E-state index in [2.05, 4.69) is 11.8 Å². The number of carbonyl (C=O) groups excluding carboxylic acids is 1. The SMILES string of the molecule is COC1C(=O)N(Cl)C1C#Cc1ccccc1. The third kappa shape index (κ3) is 1.90. The summed E-state index contributed by atoms with van der Waals surface area (Å²) in [5, 5.41) is 0. The number of nitrogens with zero attached hydrogens (tertiary/aromatic N) is 1. The Morgan fingerprint density at radius 3 is 2.69 bits per heavy atom. The number of β-lactam (4-membered cyclic amide) rings is 1. The van der Waals surface area contributed by atoms with Crippen molar-refractivity contribution < 1.29 is 9.53 Å². The number of benzene rings is 1. The first kappa shape index (κ1) is 11.0. The average Bonchev–Trinajstić information content (AvgIpc) is 2.34. The molecule has 0 aliphatic carbocycles. The van der Waals surface area contributed by atoms with Gasteiger partial charge in [-0.2, -0.15) is 0 Å². The first-order valence-electron chi connectivity index (χ1n) is 4.82. The van der Waals surface area contributed by atoms with Crippen molar-refractivity contribution in [3.05, 3.63) is 35.9 Å². The molecule has 16 heavy (non-hydrogen) atoms. The van der Waals surface area contributed by atoms with Gasteiger partial charge in [0.25, 0.3) is 5.91 Å². The molecule has 0 aromatic heterocycles. The van der Waals surface area contributed by atoms with E-state index in [0.29, 0.717) is 0 Å². The van der Waals surface area contributed by atoms with Crippen molar-refractivity contribution in [1.29, 1.82) is 0 Å². The third-order valence-electron chi connectivity index (χ3n) is 2.38. The largest absolute Gasteiger partial charge is 0.368 e. The minimum Gasteiger partial charge on any atom is -0.368 e. The van der Waals surface area contributed by atoms with Crippen LogP contribution in [0.3, 0.4) is 0 Å². The van der Waals surface area contributed by atoms with Gasteiger partial charge in [-0.3, -0.25) is 4.79 Å². The summed E-state index contributed by atoms with van der Waals surface area (Å²) in [6.45, 7) is 0. The highest BCUT2D eigenvalue weighted by molar-refractivity contribution is 6.25. The van der Waals surface area contributed by atoms with Crippen LogP contribution in [0.15, 0.2) is 30.3 Å². The maximum Gasteiger partial charge on any atom is 0.270 e. The number of rotatable bonds is 1. The summed E-state index contributed by atoms with van der Waals surface area (Å²) in [7, 11) is 1.48. The fraction of sp³-hybridized carbons (Fsp3) is 0.250. The second kappa shape index (κ2) is 4.56. The van der Waals surface area contributed by atoms with Crippen molar-refractivity contribution in [3.8, 4) is 11.8 Å². The van der Waals surface area contributed by atoms with E-state index in [1.165, 1.54) is 7.11 Å². The predicted octanol–water partition coefficient (Wildman–Crippen LogP) is 1.42. The number of amides is 1. The zero-order valence-electron chi connectivity index (χ0n) is 8.68. The molecule has 3 nitrogen and oxygen atoms in total. The topological polar surface area (TPSA) is 29.5 Å². The summed E-state index contributed by atoms with van der Waals surface area (Å²) in [5.41, 5.74) is 0.891. The Balaban J connectivity index is 2.11. The molecule has 0 spiro atoms. The van der Waals surface area contributed by atoms with Crippen LogP contribution in [0.5, 0.6) is 0 Å². The highest BCUT2D eigenvalue weighted by Gasteiger charge is 2.46. The lowest BCUT2D eigenvalue weighted by atomic mass is 10.0. The molecule has 1 aliphatic heterocycles. The van der Waals surface area contributed by atoms with Crippen LogP contribution in [0.2, 0.25) is 0 Å². The van der Waals surface area contributed by atoms with Gasteiger partial charge in [0.1, 0.15) is 6.04 Å². The van der Waals surface area contributed by atoms with Crippen molar-refractivity contribution in [2.45, 2.75) is 12.1 Å². The van der Waals surface area contributed by atoms with Gasteiger partial charge in [-0.1, -0.05) is 30.0 Å². The van der Waals surface area contributed by atoms with Gasteiger partial charge in [0.15, 0.2) is 6.10 Å². The second-order valence-corrected chi connectivity index (χ2v) is 3.75. The van der Waals surface area contributed by atoms with E-state index < -0.39 is 6.10 Å². The standard InChI is InChI=1S/C12H10ClNO2/c1-16-11-10(14(13)12(11)15)8-7-9-5-3-2-4-6-9/h2-6,10-11H,1H3. The summed E-state index contributed by atoms with van der Waals surface area (Å²) >= 11 is 5.71. The smallest absolute Gasteiger partial charge is 0.270 e. The molecule has 4 heteroatoms. The lowest BCUT2D eigenvalue weighted by molar-refractivity contribution is -0.154. The van der Waals surface area contributed by atoms with Gasteiger partial charge in [0, 0.05) is 24.4 Å². The van der Waals surface area contributed by atoms with Crippen molar-refractivity contribution in [2.24, 2.45) is 0 Å². The zero-order chi connectivity index (χ0) is 11.5. The molecular weight excluding hydrogens is 226 g/mol. The van der Waals surface area contributed by atoms with E-state index in [1.54, 1.807) is 0 Å². The molecular formula is C12H10ClNO2. The second-order valence-electron chi connectivity index (χ2n) is 3.39. The molecule has 0 radical (unpaired) electrons. The van der Waals surface area contributed by atoms with Crippen LogP contribution in [0.4, 0.5) is 0 Å². The first-order valence-corrected chi connectivity index (χ1v) is 5.16. The Morgan fingerprint density at radius 1 is 1.38 bits per heavy atom. The number of hydrogen-bond donors (Lipinski definition) is 0. The van der Waals surface area contributed by atoms with E-state index in [1.807, 2.05) is 30.3 Å². The fourth-order valence-corrected chi connectivity index (χ4v) is 1.72. The Kier molecular flexibility index (Phi) is 3.14. The molecule has 2 rings (SSSR count). The molecule has 2 atom stereocenters. The number of methoxy groups -OCH3 is 1. The molecule has 1 aromatic carbocycles. The van der Waals surface area contributed by atoms with Gasteiger partial charge in [-0.05, 0) is 12.1 Å². The van der Waals surface area contributed by atoms with Gasteiger partial charge < -0.3 is 4.74 Å². The number of carbonyl (C=O) groups is 1. The Labute approximate surface area is 99.1 Å². The van der Waals surface area contributed by atoms with Crippen LogP contribution in [0, 0.1) is 11.8 Å². The lowest BCUT2D eigenvalue weighted by Gasteiger charge is -2.37. The summed E-state index contributed by atoms with van der Waals surface area (Å²) < 4.78 is 6.07. The van der Waals surface area contributed by atoms with E-state index in [4.69, 9.17) is 16.5 Å². The summed E-state index contributed by atoms with van der Waals surface area (Å²) in [5.74, 6) is 5.63. The molecule has 1 aliphatic rings. The van der Waals surface area contributed by atoms with Gasteiger partial charge in [-0.15, -0.1) is 0 Å². The van der Waals surface area contributed by atoms with Gasteiger partial charge >= 0.3 is 0 Å². The maximum absolute atomic E-state index is 11.2. The molecule has 0 bridgehead atoms. The Morgan fingerprint density at radius 2 is 2.06 bits per heavy atom. The van der Waals surface area contributed by atoms with Crippen molar-refractivity contribution in [3.63, 3.8) is 0 Å². The Hall–Kier alpha value is -1.50. The van der Waals surface area contributed by atoms with Crippen molar-refractivity contribution >= 4 is 17.7 Å². The van der Waals surface area contributed by atoms with Crippen molar-refractivity contribution in [2.75, 3.05) is 7.11 Å². The highest BCUT2D eigenvalue weighted by Crippen LogP contribution is 2.24. The van der Waals surface area contributed by atoms with Crippen LogP contribution < -0.4 is 0 Å². The highest BCUT2D eigenvalue weighted by atomic mass is 35.5. The summed E-state index contributed by atoms with van der Waals surface area (Å²) in [6.07, 6.45) is -0.534. The summed E-state index contributed by atoms with van der Waals surface area (Å²) in [4.78, 5) is 11.2. The quantitative estimate of drug-likeness (QED) is 0.419. The van der Waals surface area contributed by atoms with E-state index >= 15 is 0 Å². The van der Waals surface area contributed by atoms with E-state index in [0.717, 1.165) is 9.98 Å². The lowest BCUT2D eigenvalue weighted by Crippen LogP contribution is -2.60. The monoisotopic (exact) mass is 235 g/mol. The number of ether oxygens (including phenoxy) is 1. The average molecular weight is 236 g/mol. The van der Waals surface area contributed by atoms with Crippen LogP contribution in [-0.4, -0.2) is 29.6 Å². The summed E-state index contributed by atoms with van der Waals surface area (Å²) in [6, 6.07) is 9.16. The normalized spacial score (nSPS) is 23.4. The van der Waals surface area contributed by atoms with Crippen LogP contribution in [0.25, 0.3) is 0 Å². The minimum atomic E-state index is -0.534. The molecule has 0 N–H and O–H groups in total. The molecule has 2 unspecified atom stereocenters. The predicted molar refractivity (Wildman–Crippen MR) is 60.6 cm³/mol. The molecule has 82 valence electrons. The first-order chi connectivity index (χ1) is 7.74. The molecule has 1 amide bonds. The number of halogens is 1. The van der Waals surface area contributed by atoms with Crippen LogP contribution in [0.1, 0.15) is 5.56 Å². The van der Waals surface area contributed by atoms with E-state index in [9.17, 15) is 4.79 Å². The molecule has 1 aromatic rings. The van der Waals surface area contributed by atoms with Gasteiger partial charge in [0.05, 0.1) is 0 Å². The fourth-order valence-electron chi connectivity index (χ4n) is 1.47. The van der Waals surface area contributed by atoms with Crippen molar-refractivity contribution in [1.82, 2.24) is 4.42 Å². The zero-order valence-corrected chi connectivity index (χ0v) is 9.44. The molecule has 1 fully saturated rings. The van der Waals surface area contributed by atoms with Crippen LogP contribution >= 0.6 is 11.8 Å². The molecule has 0 saturated carbocycles.